The van der Waals surface area contributed by atoms with Crippen molar-refractivity contribution < 1.29 is 13.9 Å². The molecule has 2 heterocycles. The second-order valence-corrected chi connectivity index (χ2v) is 7.26. The van der Waals surface area contributed by atoms with Gasteiger partial charge in [0.1, 0.15) is 11.6 Å². The summed E-state index contributed by atoms with van der Waals surface area (Å²) in [7, 11) is 1.62. The third kappa shape index (κ3) is 2.88. The van der Waals surface area contributed by atoms with Gasteiger partial charge in [-0.1, -0.05) is 30.3 Å². The maximum atomic E-state index is 14.0. The van der Waals surface area contributed by atoms with Crippen molar-refractivity contribution in [2.45, 2.75) is 12.8 Å². The van der Waals surface area contributed by atoms with Gasteiger partial charge in [0.05, 0.1) is 17.7 Å². The lowest BCUT2D eigenvalue weighted by Gasteiger charge is -2.30. The van der Waals surface area contributed by atoms with Gasteiger partial charge in [0.15, 0.2) is 0 Å². The topological polar surface area (TPSA) is 29.5 Å². The second-order valence-electron chi connectivity index (χ2n) is 6.17. The SMILES string of the molecule is COc1cccc2c1N(C(=O)c1ccc(-c3ccccc3F)s1)CCC2. The molecule has 0 aliphatic carbocycles. The Hall–Kier alpha value is -2.66. The molecule has 0 saturated heterocycles. The molecular weight excluding hydrogens is 349 g/mol. The van der Waals surface area contributed by atoms with Crippen LogP contribution < -0.4 is 9.64 Å². The fraction of sp³-hybridized carbons (Fsp3) is 0.190. The predicted molar refractivity (Wildman–Crippen MR) is 103 cm³/mol. The molecule has 2 aromatic carbocycles. The molecule has 0 bridgehead atoms. The van der Waals surface area contributed by atoms with Crippen LogP contribution in [-0.4, -0.2) is 19.6 Å². The molecule has 0 saturated carbocycles. The molecule has 5 heteroatoms. The number of halogens is 1. The van der Waals surface area contributed by atoms with E-state index in [1.807, 2.05) is 24.3 Å². The Morgan fingerprint density at radius 2 is 1.96 bits per heavy atom. The first-order valence-electron chi connectivity index (χ1n) is 8.51. The van der Waals surface area contributed by atoms with E-state index in [0.29, 0.717) is 22.7 Å². The van der Waals surface area contributed by atoms with E-state index in [9.17, 15) is 9.18 Å². The van der Waals surface area contributed by atoms with Crippen LogP contribution in [0, 0.1) is 5.82 Å². The van der Waals surface area contributed by atoms with Crippen LogP contribution in [0.2, 0.25) is 0 Å². The van der Waals surface area contributed by atoms with Crippen molar-refractivity contribution in [2.75, 3.05) is 18.6 Å². The highest BCUT2D eigenvalue weighted by molar-refractivity contribution is 7.17. The van der Waals surface area contributed by atoms with Gasteiger partial charge in [-0.25, -0.2) is 4.39 Å². The Labute approximate surface area is 155 Å². The quantitative estimate of drug-likeness (QED) is 0.640. The molecule has 0 N–H and O–H groups in total. The first-order valence-corrected chi connectivity index (χ1v) is 9.33. The molecule has 0 spiro atoms. The minimum Gasteiger partial charge on any atom is -0.495 e. The number of para-hydroxylation sites is 1. The molecule has 4 rings (SSSR count). The number of carbonyl (C=O) groups is 1. The molecule has 0 unspecified atom stereocenters. The molecule has 0 radical (unpaired) electrons. The molecule has 1 aliphatic heterocycles. The number of amides is 1. The molecule has 1 amide bonds. The summed E-state index contributed by atoms with van der Waals surface area (Å²) >= 11 is 1.32. The molecule has 132 valence electrons. The molecule has 26 heavy (non-hydrogen) atoms. The van der Waals surface area contributed by atoms with Crippen LogP contribution in [0.3, 0.4) is 0 Å². The number of carbonyl (C=O) groups excluding carboxylic acids is 1. The average Bonchev–Trinajstić information content (AvgIpc) is 3.16. The minimum atomic E-state index is -0.279. The van der Waals surface area contributed by atoms with Gasteiger partial charge in [-0.05, 0) is 42.7 Å². The van der Waals surface area contributed by atoms with Gasteiger partial charge in [0.25, 0.3) is 5.91 Å². The number of fused-ring (bicyclic) bond motifs is 1. The molecule has 0 fully saturated rings. The van der Waals surface area contributed by atoms with E-state index in [1.165, 1.54) is 17.4 Å². The van der Waals surface area contributed by atoms with Crippen molar-refractivity contribution in [3.63, 3.8) is 0 Å². The summed E-state index contributed by atoms with van der Waals surface area (Å²) in [6, 6.07) is 16.1. The molecule has 3 nitrogen and oxygen atoms in total. The third-order valence-corrected chi connectivity index (χ3v) is 5.71. The number of methoxy groups -OCH3 is 1. The number of hydrogen-bond donors (Lipinski definition) is 0. The average molecular weight is 367 g/mol. The molecule has 0 atom stereocenters. The smallest absolute Gasteiger partial charge is 0.268 e. The van der Waals surface area contributed by atoms with Gasteiger partial charge in [-0.2, -0.15) is 0 Å². The van der Waals surface area contributed by atoms with Crippen LogP contribution in [0.1, 0.15) is 21.7 Å². The zero-order chi connectivity index (χ0) is 18.1. The number of ether oxygens (including phenoxy) is 1. The van der Waals surface area contributed by atoms with E-state index < -0.39 is 0 Å². The van der Waals surface area contributed by atoms with Crippen molar-refractivity contribution in [2.24, 2.45) is 0 Å². The summed E-state index contributed by atoms with van der Waals surface area (Å²) in [6.45, 7) is 0.652. The van der Waals surface area contributed by atoms with Crippen molar-refractivity contribution in [3.05, 3.63) is 70.9 Å². The van der Waals surface area contributed by atoms with Crippen molar-refractivity contribution in [3.8, 4) is 16.2 Å². The zero-order valence-electron chi connectivity index (χ0n) is 14.4. The van der Waals surface area contributed by atoms with Gasteiger partial charge in [-0.15, -0.1) is 11.3 Å². The number of rotatable bonds is 3. The van der Waals surface area contributed by atoms with Crippen LogP contribution in [0.4, 0.5) is 10.1 Å². The maximum absolute atomic E-state index is 14.0. The molecule has 3 aromatic rings. The number of hydrogen-bond acceptors (Lipinski definition) is 3. The minimum absolute atomic E-state index is 0.0666. The second kappa shape index (κ2) is 6.92. The van der Waals surface area contributed by atoms with Gasteiger partial charge < -0.3 is 9.64 Å². The molecule has 1 aliphatic rings. The zero-order valence-corrected chi connectivity index (χ0v) is 15.2. The molecular formula is C21H18FNO2S. The van der Waals surface area contributed by atoms with E-state index in [-0.39, 0.29) is 11.7 Å². The number of benzene rings is 2. The van der Waals surface area contributed by atoms with E-state index in [4.69, 9.17) is 4.74 Å². The number of anilines is 1. The molecule has 1 aromatic heterocycles. The van der Waals surface area contributed by atoms with E-state index >= 15 is 0 Å². The fourth-order valence-corrected chi connectivity index (χ4v) is 4.36. The van der Waals surface area contributed by atoms with Crippen LogP contribution in [0.25, 0.3) is 10.4 Å². The summed E-state index contributed by atoms with van der Waals surface area (Å²) in [5.41, 5.74) is 2.50. The highest BCUT2D eigenvalue weighted by Crippen LogP contribution is 2.38. The number of nitrogens with zero attached hydrogens (tertiary/aromatic N) is 1. The Kier molecular flexibility index (Phi) is 4.47. The largest absolute Gasteiger partial charge is 0.495 e. The Bertz CT molecular complexity index is 952. The lowest BCUT2D eigenvalue weighted by Crippen LogP contribution is -2.35. The number of aryl methyl sites for hydroxylation is 1. The van der Waals surface area contributed by atoms with E-state index in [0.717, 1.165) is 29.0 Å². The summed E-state index contributed by atoms with van der Waals surface area (Å²) < 4.78 is 19.5. The van der Waals surface area contributed by atoms with E-state index in [2.05, 4.69) is 0 Å². The highest BCUT2D eigenvalue weighted by Gasteiger charge is 2.27. The fourth-order valence-electron chi connectivity index (χ4n) is 3.37. The number of thiophene rings is 1. The van der Waals surface area contributed by atoms with Crippen LogP contribution in [0.5, 0.6) is 5.75 Å². The van der Waals surface area contributed by atoms with Gasteiger partial charge in [0.2, 0.25) is 0 Å². The van der Waals surface area contributed by atoms with Crippen LogP contribution in [0.15, 0.2) is 54.6 Å². The van der Waals surface area contributed by atoms with E-state index in [1.54, 1.807) is 36.3 Å². The lowest BCUT2D eigenvalue weighted by molar-refractivity contribution is 0.0988. The predicted octanol–water partition coefficient (Wildman–Crippen LogP) is 5.16. The summed E-state index contributed by atoms with van der Waals surface area (Å²) in [6.07, 6.45) is 1.85. The lowest BCUT2D eigenvalue weighted by atomic mass is 10.0. The standard InChI is InChI=1S/C21H18FNO2S/c1-25-17-10-4-6-14-7-5-13-23(20(14)17)21(24)19-12-11-18(26-19)15-8-2-3-9-16(15)22/h2-4,6,8-12H,5,7,13H2,1H3. The van der Waals surface area contributed by atoms with Gasteiger partial charge >= 0.3 is 0 Å². The first-order chi connectivity index (χ1) is 12.7. The normalized spacial score (nSPS) is 13.4. The summed E-state index contributed by atoms with van der Waals surface area (Å²) in [5, 5.41) is 0. The summed E-state index contributed by atoms with van der Waals surface area (Å²) in [5.74, 6) is 0.364. The Morgan fingerprint density at radius 3 is 2.77 bits per heavy atom. The Morgan fingerprint density at radius 1 is 1.12 bits per heavy atom. The third-order valence-electron chi connectivity index (χ3n) is 4.60. The first kappa shape index (κ1) is 16.8. The highest BCUT2D eigenvalue weighted by atomic mass is 32.1. The van der Waals surface area contributed by atoms with Crippen molar-refractivity contribution >= 4 is 22.9 Å². The maximum Gasteiger partial charge on any atom is 0.268 e. The van der Waals surface area contributed by atoms with Crippen molar-refractivity contribution in [1.29, 1.82) is 0 Å². The van der Waals surface area contributed by atoms with Gasteiger partial charge in [-0.3, -0.25) is 4.79 Å². The van der Waals surface area contributed by atoms with Crippen LogP contribution in [-0.2, 0) is 6.42 Å². The van der Waals surface area contributed by atoms with Gasteiger partial charge in [0, 0.05) is 17.0 Å². The monoisotopic (exact) mass is 367 g/mol. The summed E-state index contributed by atoms with van der Waals surface area (Å²) in [4.78, 5) is 16.3. The van der Waals surface area contributed by atoms with Crippen molar-refractivity contribution in [1.82, 2.24) is 0 Å². The Balaban J connectivity index is 1.70. The van der Waals surface area contributed by atoms with Crippen LogP contribution >= 0.6 is 11.3 Å².